The van der Waals surface area contributed by atoms with Gasteiger partial charge in [0, 0.05) is 41.8 Å². The number of nitrogens with zero attached hydrogens (tertiary/aromatic N) is 2. The third-order valence-electron chi connectivity index (χ3n) is 7.03. The number of aryl methyl sites for hydroxylation is 1. The Kier molecular flexibility index (Phi) is 10.4. The molecule has 0 radical (unpaired) electrons. The second kappa shape index (κ2) is 13.9. The number of hydrogen-bond donors (Lipinski definition) is 0. The minimum absolute atomic E-state index is 0.0338. The normalized spacial score (nSPS) is 14.8. The molecule has 1 aliphatic heterocycles. The molecule has 1 unspecified atom stereocenters. The quantitative estimate of drug-likeness (QED) is 0.232. The topological polar surface area (TPSA) is 49.9 Å². The lowest BCUT2D eigenvalue weighted by atomic mass is 9.93. The molecular formula is C31H37ClN2O3S. The lowest BCUT2D eigenvalue weighted by Gasteiger charge is -2.37. The van der Waals surface area contributed by atoms with Crippen molar-refractivity contribution in [3.63, 3.8) is 0 Å². The summed E-state index contributed by atoms with van der Waals surface area (Å²) in [4.78, 5) is 32.4. The smallest absolute Gasteiger partial charge is 0.254 e. The standard InChI is InChI=1S/C31H37ClN2O3S/c1-3-5-7-23-8-10-25(11-9-23)31(36)33(18-6-20-37-4-2)22-29(35)34-19-16-28-27(17-21-38-28)30(34)24-12-14-26(32)15-13-24/h8-15,17,21,30H,3-7,16,18-20,22H2,1-2H3. The molecule has 202 valence electrons. The number of amides is 2. The van der Waals surface area contributed by atoms with Gasteiger partial charge in [0.2, 0.25) is 5.91 Å². The molecule has 0 bridgehead atoms. The van der Waals surface area contributed by atoms with Crippen LogP contribution in [-0.4, -0.2) is 54.5 Å². The van der Waals surface area contributed by atoms with E-state index in [0.717, 1.165) is 36.8 Å². The van der Waals surface area contributed by atoms with Gasteiger partial charge in [-0.1, -0.05) is 49.2 Å². The number of halogens is 1. The number of rotatable bonds is 12. The van der Waals surface area contributed by atoms with Gasteiger partial charge in [0.05, 0.1) is 6.04 Å². The maximum Gasteiger partial charge on any atom is 0.254 e. The Hall–Kier alpha value is -2.67. The van der Waals surface area contributed by atoms with Gasteiger partial charge in [-0.3, -0.25) is 9.59 Å². The van der Waals surface area contributed by atoms with Crippen LogP contribution in [0.4, 0.5) is 0 Å². The van der Waals surface area contributed by atoms with Gasteiger partial charge in [-0.2, -0.15) is 0 Å². The molecule has 2 aromatic carbocycles. The molecule has 2 heterocycles. The Morgan fingerprint density at radius 3 is 2.53 bits per heavy atom. The molecule has 1 atom stereocenters. The molecule has 0 fully saturated rings. The van der Waals surface area contributed by atoms with Crippen molar-refractivity contribution < 1.29 is 14.3 Å². The minimum Gasteiger partial charge on any atom is -0.382 e. The van der Waals surface area contributed by atoms with E-state index in [4.69, 9.17) is 16.3 Å². The zero-order chi connectivity index (χ0) is 26.9. The number of fused-ring (bicyclic) bond motifs is 1. The monoisotopic (exact) mass is 552 g/mol. The Labute approximate surface area is 235 Å². The summed E-state index contributed by atoms with van der Waals surface area (Å²) in [7, 11) is 0. The largest absolute Gasteiger partial charge is 0.382 e. The van der Waals surface area contributed by atoms with Gasteiger partial charge in [0.1, 0.15) is 6.54 Å². The molecule has 0 spiro atoms. The molecule has 5 nitrogen and oxygen atoms in total. The number of carbonyl (C=O) groups excluding carboxylic acids is 2. The number of benzene rings is 2. The fourth-order valence-corrected chi connectivity index (χ4v) is 6.01. The summed E-state index contributed by atoms with van der Waals surface area (Å²) in [5, 5.41) is 2.76. The van der Waals surface area contributed by atoms with E-state index in [2.05, 4.69) is 18.4 Å². The third-order valence-corrected chi connectivity index (χ3v) is 8.27. The molecule has 38 heavy (non-hydrogen) atoms. The Morgan fingerprint density at radius 2 is 1.82 bits per heavy atom. The van der Waals surface area contributed by atoms with Gasteiger partial charge in [0.25, 0.3) is 5.91 Å². The zero-order valence-corrected chi connectivity index (χ0v) is 23.9. The Balaban J connectivity index is 1.55. The number of ether oxygens (including phenoxy) is 1. The predicted octanol–water partition coefficient (Wildman–Crippen LogP) is 6.79. The predicted molar refractivity (Wildman–Crippen MR) is 155 cm³/mol. The van der Waals surface area contributed by atoms with Crippen molar-refractivity contribution in [2.24, 2.45) is 0 Å². The van der Waals surface area contributed by atoms with E-state index in [1.54, 1.807) is 16.2 Å². The van der Waals surface area contributed by atoms with Crippen LogP contribution in [0.2, 0.25) is 5.02 Å². The first kappa shape index (κ1) is 28.3. The summed E-state index contributed by atoms with van der Waals surface area (Å²) in [5.74, 6) is -0.167. The molecule has 1 aliphatic rings. The van der Waals surface area contributed by atoms with Crippen molar-refractivity contribution in [3.05, 3.63) is 92.1 Å². The molecule has 2 amide bonds. The van der Waals surface area contributed by atoms with E-state index in [1.165, 1.54) is 10.4 Å². The van der Waals surface area contributed by atoms with E-state index in [0.29, 0.717) is 43.3 Å². The van der Waals surface area contributed by atoms with Crippen LogP contribution in [0.3, 0.4) is 0 Å². The summed E-state index contributed by atoms with van der Waals surface area (Å²) in [6.07, 6.45) is 4.77. The van der Waals surface area contributed by atoms with Gasteiger partial charge in [-0.15, -0.1) is 11.3 Å². The molecule has 0 aliphatic carbocycles. The number of carbonyl (C=O) groups is 2. The van der Waals surface area contributed by atoms with Crippen molar-refractivity contribution in [3.8, 4) is 0 Å². The van der Waals surface area contributed by atoms with Crippen molar-refractivity contribution in [2.45, 2.75) is 52.0 Å². The van der Waals surface area contributed by atoms with E-state index in [-0.39, 0.29) is 24.4 Å². The molecule has 0 saturated carbocycles. The van der Waals surface area contributed by atoms with Crippen LogP contribution < -0.4 is 0 Å². The van der Waals surface area contributed by atoms with E-state index < -0.39 is 0 Å². The third kappa shape index (κ3) is 7.04. The fraction of sp³-hybridized carbons (Fsp3) is 0.419. The van der Waals surface area contributed by atoms with Crippen LogP contribution in [0.5, 0.6) is 0 Å². The molecule has 1 aromatic heterocycles. The molecule has 0 N–H and O–H groups in total. The van der Waals surface area contributed by atoms with Crippen molar-refractivity contribution in [1.82, 2.24) is 9.80 Å². The lowest BCUT2D eigenvalue weighted by Crippen LogP contribution is -2.47. The number of unbranched alkanes of at least 4 members (excludes halogenated alkanes) is 1. The van der Waals surface area contributed by atoms with Gasteiger partial charge in [-0.05, 0) is 85.0 Å². The first-order chi connectivity index (χ1) is 18.5. The second-order valence-electron chi connectivity index (χ2n) is 9.67. The van der Waals surface area contributed by atoms with Gasteiger partial charge >= 0.3 is 0 Å². The molecule has 4 rings (SSSR count). The molecular weight excluding hydrogens is 516 g/mol. The SMILES string of the molecule is CCCCc1ccc(C(=O)N(CCCOCC)CC(=O)N2CCc3sccc3C2c2ccc(Cl)cc2)cc1. The Bertz CT molecular complexity index is 1190. The van der Waals surface area contributed by atoms with Gasteiger partial charge in [-0.25, -0.2) is 0 Å². The molecule has 3 aromatic rings. The van der Waals surface area contributed by atoms with Crippen LogP contribution >= 0.6 is 22.9 Å². The summed E-state index contributed by atoms with van der Waals surface area (Å²) in [6.45, 7) is 6.43. The maximum atomic E-state index is 13.9. The fourth-order valence-electron chi connectivity index (χ4n) is 4.98. The molecule has 0 saturated heterocycles. The van der Waals surface area contributed by atoms with E-state index in [9.17, 15) is 9.59 Å². The van der Waals surface area contributed by atoms with Crippen molar-refractivity contribution >= 4 is 34.8 Å². The van der Waals surface area contributed by atoms with Crippen LogP contribution in [0.1, 0.15) is 71.1 Å². The highest BCUT2D eigenvalue weighted by Gasteiger charge is 2.34. The van der Waals surface area contributed by atoms with Crippen molar-refractivity contribution in [1.29, 1.82) is 0 Å². The average Bonchev–Trinajstić information content (AvgIpc) is 3.42. The highest BCUT2D eigenvalue weighted by molar-refractivity contribution is 7.10. The summed E-state index contributed by atoms with van der Waals surface area (Å²) in [6, 6.07) is 17.5. The first-order valence-corrected chi connectivity index (χ1v) is 14.8. The number of thiophene rings is 1. The maximum absolute atomic E-state index is 13.9. The van der Waals surface area contributed by atoms with Crippen LogP contribution in [0.15, 0.2) is 60.0 Å². The van der Waals surface area contributed by atoms with E-state index in [1.807, 2.05) is 60.4 Å². The van der Waals surface area contributed by atoms with Crippen LogP contribution in [0.25, 0.3) is 0 Å². The lowest BCUT2D eigenvalue weighted by molar-refractivity contribution is -0.134. The van der Waals surface area contributed by atoms with Crippen molar-refractivity contribution in [2.75, 3.05) is 32.8 Å². The van der Waals surface area contributed by atoms with Crippen LogP contribution in [0, 0.1) is 0 Å². The average molecular weight is 553 g/mol. The Morgan fingerprint density at radius 1 is 1.05 bits per heavy atom. The zero-order valence-electron chi connectivity index (χ0n) is 22.3. The summed E-state index contributed by atoms with van der Waals surface area (Å²) < 4.78 is 5.52. The first-order valence-electron chi connectivity index (χ1n) is 13.6. The van der Waals surface area contributed by atoms with Crippen LogP contribution in [-0.2, 0) is 22.4 Å². The summed E-state index contributed by atoms with van der Waals surface area (Å²) in [5.41, 5.74) is 4.03. The van der Waals surface area contributed by atoms with Gasteiger partial charge in [0.15, 0.2) is 0 Å². The number of hydrogen-bond acceptors (Lipinski definition) is 4. The van der Waals surface area contributed by atoms with Gasteiger partial charge < -0.3 is 14.5 Å². The molecule has 7 heteroatoms. The second-order valence-corrected chi connectivity index (χ2v) is 11.1. The minimum atomic E-state index is -0.187. The highest BCUT2D eigenvalue weighted by Crippen LogP contribution is 2.38. The van der Waals surface area contributed by atoms with E-state index >= 15 is 0 Å². The highest BCUT2D eigenvalue weighted by atomic mass is 35.5. The summed E-state index contributed by atoms with van der Waals surface area (Å²) >= 11 is 7.90.